The van der Waals surface area contributed by atoms with Gasteiger partial charge in [0, 0.05) is 41.3 Å². The third kappa shape index (κ3) is 5.21. The van der Waals surface area contributed by atoms with E-state index in [4.69, 9.17) is 4.11 Å². The number of nitrogens with one attached hydrogen (secondary N) is 1. The quantitative estimate of drug-likeness (QED) is 0.386. The number of hydrogen-bond acceptors (Lipinski definition) is 6. The zero-order valence-electron chi connectivity index (χ0n) is 25.8. The van der Waals surface area contributed by atoms with Crippen LogP contribution in [-0.2, 0) is 17.9 Å². The molecule has 0 unspecified atom stereocenters. The van der Waals surface area contributed by atoms with Crippen LogP contribution in [0, 0.1) is 23.1 Å². The summed E-state index contributed by atoms with van der Waals surface area (Å²) >= 11 is 0. The van der Waals surface area contributed by atoms with E-state index in [1.165, 1.54) is 29.1 Å². The second-order valence-corrected chi connectivity index (χ2v) is 11.8. The first-order valence-corrected chi connectivity index (χ1v) is 14.4. The lowest BCUT2D eigenvalue weighted by Gasteiger charge is -2.41. The molecule has 4 aliphatic rings. The first-order valence-electron chi connectivity index (χ1n) is 15.9. The van der Waals surface area contributed by atoms with Gasteiger partial charge >= 0.3 is 0 Å². The molecule has 10 heteroatoms. The number of hydrogen-bond donors (Lipinski definition) is 1. The van der Waals surface area contributed by atoms with E-state index in [9.17, 15) is 10.1 Å². The average molecular weight is 568 g/mol. The predicted molar refractivity (Wildman–Crippen MR) is 150 cm³/mol. The van der Waals surface area contributed by atoms with Crippen molar-refractivity contribution >= 4 is 16.9 Å². The second-order valence-electron chi connectivity index (χ2n) is 11.8. The highest BCUT2D eigenvalue weighted by Gasteiger charge is 2.47. The van der Waals surface area contributed by atoms with Crippen LogP contribution in [0.1, 0.15) is 85.1 Å². The fourth-order valence-electron chi connectivity index (χ4n) is 6.28. The summed E-state index contributed by atoms with van der Waals surface area (Å²) in [4.78, 5) is 24.5. The standard InChI is InChI=1S/C31H35F3N6O/c1-20-22-8-7-9-24(26(22)32)31(33,34)15-21-16-39(17-21)12-5-3-2-4-6-13-40-28-23(27(38-20)36-19-37-28)14-25(29(40)41)30(18-35)10-11-30/h7-9,14,19-21H,2-6,10-13,15-17H2,1H3,(H,36,37,38)/t20-/m1/s1/i1D3. The van der Waals surface area contributed by atoms with Gasteiger partial charge in [0.1, 0.15) is 23.6 Å². The second kappa shape index (κ2) is 10.8. The number of benzene rings is 1. The number of fused-ring (bicyclic) bond motifs is 8. The molecule has 1 saturated heterocycles. The summed E-state index contributed by atoms with van der Waals surface area (Å²) in [5, 5.41) is 13.0. The third-order valence-electron chi connectivity index (χ3n) is 8.81. The van der Waals surface area contributed by atoms with Gasteiger partial charge in [-0.25, -0.2) is 23.1 Å². The Balaban J connectivity index is 1.48. The van der Waals surface area contributed by atoms with Gasteiger partial charge in [0.2, 0.25) is 0 Å². The van der Waals surface area contributed by atoms with Crippen molar-refractivity contribution in [1.29, 1.82) is 5.26 Å². The Morgan fingerprint density at radius 3 is 2.59 bits per heavy atom. The Morgan fingerprint density at radius 1 is 1.10 bits per heavy atom. The van der Waals surface area contributed by atoms with E-state index in [2.05, 4.69) is 26.3 Å². The fraction of sp³-hybridized carbons (Fsp3) is 0.548. The minimum Gasteiger partial charge on any atom is -0.363 e. The number of alkyl halides is 2. The molecule has 5 heterocycles. The zero-order valence-corrected chi connectivity index (χ0v) is 22.8. The van der Waals surface area contributed by atoms with E-state index in [0.717, 1.165) is 38.3 Å². The molecule has 216 valence electrons. The van der Waals surface area contributed by atoms with Crippen molar-refractivity contribution < 1.29 is 17.3 Å². The Hall–Kier alpha value is -3.45. The number of nitrogens with zero attached hydrogens (tertiary/aromatic N) is 5. The SMILES string of the molecule is [2H]C([2H])([2H])[C@H]1Nc2ncnc3c2cc(C2(C#N)CC2)c(=O)n3CCCCCCCN2CC(C2)CC(F)(F)c2cccc1c2F. The van der Waals surface area contributed by atoms with Crippen LogP contribution in [0.2, 0.25) is 0 Å². The minimum atomic E-state index is -3.49. The van der Waals surface area contributed by atoms with E-state index in [1.54, 1.807) is 0 Å². The molecule has 1 aromatic carbocycles. The Morgan fingerprint density at radius 2 is 1.85 bits per heavy atom. The molecule has 0 radical (unpaired) electrons. The van der Waals surface area contributed by atoms with Crippen LogP contribution < -0.4 is 10.9 Å². The first-order chi connectivity index (χ1) is 20.9. The van der Waals surface area contributed by atoms with Gasteiger partial charge in [-0.2, -0.15) is 5.26 Å². The number of aromatic nitrogens is 3. The summed E-state index contributed by atoms with van der Waals surface area (Å²) in [5.74, 6) is -5.03. The highest BCUT2D eigenvalue weighted by Crippen LogP contribution is 2.47. The van der Waals surface area contributed by atoms with Crippen molar-refractivity contribution in [1.82, 2.24) is 19.4 Å². The number of halogens is 3. The lowest BCUT2D eigenvalue weighted by atomic mass is 9.88. The topological polar surface area (TPSA) is 86.8 Å². The van der Waals surface area contributed by atoms with Crippen molar-refractivity contribution in [2.24, 2.45) is 5.92 Å². The molecule has 41 heavy (non-hydrogen) atoms. The summed E-state index contributed by atoms with van der Waals surface area (Å²) < 4.78 is 73.3. The molecule has 3 aliphatic heterocycles. The fourth-order valence-corrected chi connectivity index (χ4v) is 6.28. The van der Waals surface area contributed by atoms with Crippen LogP contribution in [0.15, 0.2) is 35.4 Å². The highest BCUT2D eigenvalue weighted by molar-refractivity contribution is 5.87. The van der Waals surface area contributed by atoms with Gasteiger partial charge in [-0.1, -0.05) is 37.5 Å². The summed E-state index contributed by atoms with van der Waals surface area (Å²) in [5.41, 5.74) is -1.98. The zero-order chi connectivity index (χ0) is 31.3. The van der Waals surface area contributed by atoms with Crippen molar-refractivity contribution in [2.45, 2.75) is 82.1 Å². The van der Waals surface area contributed by atoms with Gasteiger partial charge < -0.3 is 10.2 Å². The molecule has 7 rings (SSSR count). The van der Waals surface area contributed by atoms with E-state index < -0.39 is 47.6 Å². The normalized spacial score (nSPS) is 27.2. The maximum absolute atomic E-state index is 16.0. The van der Waals surface area contributed by atoms with E-state index in [0.29, 0.717) is 44.3 Å². The van der Waals surface area contributed by atoms with Crippen molar-refractivity contribution in [3.8, 4) is 6.07 Å². The van der Waals surface area contributed by atoms with Gasteiger partial charge in [-0.15, -0.1) is 0 Å². The molecule has 7 nitrogen and oxygen atoms in total. The molecule has 1 aliphatic carbocycles. The maximum Gasteiger partial charge on any atom is 0.276 e. The van der Waals surface area contributed by atoms with E-state index in [1.807, 2.05) is 0 Å². The molecule has 2 aromatic heterocycles. The molecular weight excluding hydrogens is 529 g/mol. The number of pyridine rings is 1. The van der Waals surface area contributed by atoms with Crippen LogP contribution in [0.25, 0.3) is 11.0 Å². The lowest BCUT2D eigenvalue weighted by Crippen LogP contribution is -2.48. The van der Waals surface area contributed by atoms with E-state index in [-0.39, 0.29) is 28.5 Å². The number of rotatable bonds is 1. The molecular formula is C31H35F3N6O. The van der Waals surface area contributed by atoms with Gasteiger partial charge in [-0.05, 0) is 51.1 Å². The van der Waals surface area contributed by atoms with Crippen molar-refractivity contribution in [3.05, 3.63) is 63.5 Å². The molecule has 1 atom stereocenters. The van der Waals surface area contributed by atoms with Crippen molar-refractivity contribution in [2.75, 3.05) is 25.0 Å². The third-order valence-corrected chi connectivity index (χ3v) is 8.81. The molecule has 1 saturated carbocycles. The molecule has 8 bridgehead atoms. The van der Waals surface area contributed by atoms with Crippen LogP contribution in [0.3, 0.4) is 0 Å². The number of nitriles is 1. The smallest absolute Gasteiger partial charge is 0.276 e. The molecule has 0 amide bonds. The Labute approximate surface area is 241 Å². The van der Waals surface area contributed by atoms with Gasteiger partial charge in [0.25, 0.3) is 11.5 Å². The van der Waals surface area contributed by atoms with Crippen LogP contribution >= 0.6 is 0 Å². The summed E-state index contributed by atoms with van der Waals surface area (Å²) in [7, 11) is 0. The summed E-state index contributed by atoms with van der Waals surface area (Å²) in [6.45, 7) is -0.672. The lowest BCUT2D eigenvalue weighted by molar-refractivity contribution is -0.0592. The van der Waals surface area contributed by atoms with Crippen LogP contribution in [0.4, 0.5) is 19.0 Å². The highest BCUT2D eigenvalue weighted by atomic mass is 19.3. The monoisotopic (exact) mass is 567 g/mol. The average Bonchev–Trinajstić information content (AvgIpc) is 3.75. The van der Waals surface area contributed by atoms with E-state index >= 15 is 13.2 Å². The largest absolute Gasteiger partial charge is 0.363 e. The van der Waals surface area contributed by atoms with Gasteiger partial charge in [0.05, 0.1) is 28.5 Å². The minimum absolute atomic E-state index is 0.0110. The summed E-state index contributed by atoms with van der Waals surface area (Å²) in [6.07, 6.45) is 6.10. The first kappa shape index (κ1) is 24.2. The number of aryl methyl sites for hydroxylation is 1. The Kier molecular flexibility index (Phi) is 6.34. The molecule has 2 fully saturated rings. The predicted octanol–water partition coefficient (Wildman–Crippen LogP) is 6.04. The molecule has 1 N–H and O–H groups in total. The Bertz CT molecular complexity index is 1660. The van der Waals surface area contributed by atoms with Crippen LogP contribution in [-0.4, -0.2) is 39.1 Å². The van der Waals surface area contributed by atoms with Gasteiger partial charge in [-0.3, -0.25) is 9.36 Å². The number of anilines is 1. The molecule has 0 spiro atoms. The summed E-state index contributed by atoms with van der Waals surface area (Å²) in [6, 6.07) is 5.52. The molecule has 3 aromatic rings. The van der Waals surface area contributed by atoms with Gasteiger partial charge in [0.15, 0.2) is 0 Å². The maximum atomic E-state index is 16.0. The van der Waals surface area contributed by atoms with Crippen LogP contribution in [0.5, 0.6) is 0 Å². The van der Waals surface area contributed by atoms with Crippen molar-refractivity contribution in [3.63, 3.8) is 0 Å².